The summed E-state index contributed by atoms with van der Waals surface area (Å²) in [5.41, 5.74) is 5.14. The molecule has 0 aliphatic rings. The lowest BCUT2D eigenvalue weighted by Gasteiger charge is -2.06. The number of aromatic nitrogens is 2. The molecular formula is C18H15FN6O4S2. The summed E-state index contributed by atoms with van der Waals surface area (Å²) in [6, 6.07) is 11.2. The van der Waals surface area contributed by atoms with Crippen LogP contribution in [0.5, 0.6) is 0 Å². The molecule has 2 amide bonds. The smallest absolute Gasteiger partial charge is 0.270 e. The Kier molecular flexibility index (Phi) is 7.45. The number of halogens is 1. The number of nitrogens with zero attached hydrogens (tertiary/aromatic N) is 3. The lowest BCUT2D eigenvalue weighted by Crippen LogP contribution is -2.42. The third-order valence-electron chi connectivity index (χ3n) is 3.72. The Morgan fingerprint density at radius 1 is 1.13 bits per heavy atom. The van der Waals surface area contributed by atoms with Crippen molar-refractivity contribution in [3.8, 4) is 0 Å². The second kappa shape index (κ2) is 10.4. The van der Waals surface area contributed by atoms with Crippen molar-refractivity contribution in [2.45, 2.75) is 10.9 Å². The average molecular weight is 462 g/mol. The van der Waals surface area contributed by atoms with Gasteiger partial charge in [-0.15, -0.1) is 10.2 Å². The number of benzene rings is 2. The number of anilines is 1. The van der Waals surface area contributed by atoms with Crippen LogP contribution in [0, 0.1) is 15.9 Å². The zero-order chi connectivity index (χ0) is 22.2. The van der Waals surface area contributed by atoms with E-state index in [1.807, 2.05) is 0 Å². The molecule has 160 valence electrons. The first-order valence-corrected chi connectivity index (χ1v) is 10.5. The Hall–Kier alpha value is -3.58. The molecule has 0 saturated carbocycles. The van der Waals surface area contributed by atoms with E-state index in [-0.39, 0.29) is 22.8 Å². The normalized spacial score (nSPS) is 10.4. The van der Waals surface area contributed by atoms with Crippen molar-refractivity contribution < 1.29 is 18.9 Å². The molecule has 10 nitrogen and oxygen atoms in total. The number of thioether (sulfide) groups is 1. The maximum Gasteiger partial charge on any atom is 0.270 e. The van der Waals surface area contributed by atoms with Crippen molar-refractivity contribution in [1.29, 1.82) is 0 Å². The van der Waals surface area contributed by atoms with Crippen molar-refractivity contribution in [1.82, 2.24) is 21.0 Å². The second-order valence-electron chi connectivity index (χ2n) is 5.95. The molecule has 13 heteroatoms. The summed E-state index contributed by atoms with van der Waals surface area (Å²) in [6.45, 7) is 0.448. The van der Waals surface area contributed by atoms with Crippen LogP contribution >= 0.6 is 23.1 Å². The predicted molar refractivity (Wildman–Crippen MR) is 113 cm³/mol. The maximum atomic E-state index is 12.9. The topological polar surface area (TPSA) is 139 Å². The number of non-ortho nitro benzene ring substituents is 1. The van der Waals surface area contributed by atoms with Crippen molar-refractivity contribution in [3.05, 3.63) is 75.6 Å². The number of amides is 2. The number of hydrogen-bond acceptors (Lipinski definition) is 9. The number of carbonyl (C=O) groups is 2. The van der Waals surface area contributed by atoms with Crippen LogP contribution in [0.15, 0.2) is 52.9 Å². The molecule has 0 spiro atoms. The zero-order valence-electron chi connectivity index (χ0n) is 15.7. The van der Waals surface area contributed by atoms with Gasteiger partial charge in [0, 0.05) is 24.2 Å². The number of hydrogen-bond donors (Lipinski definition) is 3. The zero-order valence-corrected chi connectivity index (χ0v) is 17.3. The van der Waals surface area contributed by atoms with Gasteiger partial charge in [-0.2, -0.15) is 0 Å². The molecule has 0 unspecified atom stereocenters. The maximum absolute atomic E-state index is 12.9. The molecule has 1 aromatic heterocycles. The fraction of sp³-hybridized carbons (Fsp3) is 0.111. The number of rotatable bonds is 8. The first-order valence-electron chi connectivity index (χ1n) is 8.69. The largest absolute Gasteiger partial charge is 0.356 e. The highest BCUT2D eigenvalue weighted by molar-refractivity contribution is 8.01. The number of nitro groups is 1. The van der Waals surface area contributed by atoms with Gasteiger partial charge in [0.05, 0.1) is 10.7 Å². The Morgan fingerprint density at radius 2 is 1.90 bits per heavy atom. The minimum absolute atomic E-state index is 0.0260. The molecule has 0 fully saturated rings. The first-order chi connectivity index (χ1) is 14.9. The molecule has 3 aromatic rings. The SMILES string of the molecule is O=C(CSc1nnc(NCc2ccc(F)cc2)s1)NNC(=O)c1cccc([N+](=O)[O-])c1. The highest BCUT2D eigenvalue weighted by Gasteiger charge is 2.13. The van der Waals surface area contributed by atoms with E-state index < -0.39 is 16.7 Å². The van der Waals surface area contributed by atoms with Crippen molar-refractivity contribution in [3.63, 3.8) is 0 Å². The second-order valence-corrected chi connectivity index (χ2v) is 8.15. The average Bonchev–Trinajstić information content (AvgIpc) is 3.23. The molecular weight excluding hydrogens is 447 g/mol. The van der Waals surface area contributed by atoms with Gasteiger partial charge in [0.1, 0.15) is 5.82 Å². The number of hydrazine groups is 1. The first kappa shape index (κ1) is 22.1. The molecule has 0 aliphatic carbocycles. The van der Waals surface area contributed by atoms with E-state index >= 15 is 0 Å². The Morgan fingerprint density at radius 3 is 2.65 bits per heavy atom. The van der Waals surface area contributed by atoms with Gasteiger partial charge in [-0.25, -0.2) is 4.39 Å². The van der Waals surface area contributed by atoms with Crippen LogP contribution in [0.4, 0.5) is 15.2 Å². The number of carbonyl (C=O) groups excluding carboxylic acids is 2. The third kappa shape index (κ3) is 6.72. The van der Waals surface area contributed by atoms with Gasteiger partial charge in [-0.05, 0) is 23.8 Å². The van der Waals surface area contributed by atoms with Gasteiger partial charge >= 0.3 is 0 Å². The van der Waals surface area contributed by atoms with E-state index in [0.717, 1.165) is 23.4 Å². The van der Waals surface area contributed by atoms with E-state index in [9.17, 15) is 24.1 Å². The van der Waals surface area contributed by atoms with Gasteiger partial charge in [0.15, 0.2) is 4.34 Å². The molecule has 3 rings (SSSR count). The van der Waals surface area contributed by atoms with Crippen molar-refractivity contribution in [2.75, 3.05) is 11.1 Å². The summed E-state index contributed by atoms with van der Waals surface area (Å²) in [4.78, 5) is 34.1. The minimum atomic E-state index is -0.676. The molecule has 0 saturated heterocycles. The molecule has 0 radical (unpaired) electrons. The molecule has 0 aliphatic heterocycles. The highest BCUT2D eigenvalue weighted by atomic mass is 32.2. The predicted octanol–water partition coefficient (Wildman–Crippen LogP) is 2.75. The molecule has 1 heterocycles. The summed E-state index contributed by atoms with van der Waals surface area (Å²) in [5.74, 6) is -1.50. The van der Waals surface area contributed by atoms with Gasteiger partial charge in [0.25, 0.3) is 11.6 Å². The van der Waals surface area contributed by atoms with Crippen LogP contribution in [0.2, 0.25) is 0 Å². The molecule has 3 N–H and O–H groups in total. The Labute approximate surface area is 183 Å². The van der Waals surface area contributed by atoms with E-state index in [4.69, 9.17) is 0 Å². The fourth-order valence-corrected chi connectivity index (χ4v) is 3.79. The minimum Gasteiger partial charge on any atom is -0.356 e. The fourth-order valence-electron chi connectivity index (χ4n) is 2.24. The molecule has 0 atom stereocenters. The summed E-state index contributed by atoms with van der Waals surface area (Å²) in [6.07, 6.45) is 0. The summed E-state index contributed by atoms with van der Waals surface area (Å²) in [5, 5.41) is 22.3. The van der Waals surface area contributed by atoms with E-state index in [0.29, 0.717) is 16.0 Å². The number of nitrogens with one attached hydrogen (secondary N) is 3. The quantitative estimate of drug-likeness (QED) is 0.264. The molecule has 0 bridgehead atoms. The molecule has 31 heavy (non-hydrogen) atoms. The Bertz CT molecular complexity index is 1090. The van der Waals surface area contributed by atoms with Gasteiger partial charge in [-0.3, -0.25) is 30.6 Å². The summed E-state index contributed by atoms with van der Waals surface area (Å²) >= 11 is 2.38. The van der Waals surface area contributed by atoms with Gasteiger partial charge in [-0.1, -0.05) is 41.3 Å². The van der Waals surface area contributed by atoms with E-state index in [1.165, 1.54) is 41.7 Å². The lowest BCUT2D eigenvalue weighted by atomic mass is 10.2. The standard InChI is InChI=1S/C18H15FN6O4S2/c19-13-6-4-11(5-7-13)9-20-17-23-24-18(31-17)30-10-15(26)21-22-16(27)12-2-1-3-14(8-12)25(28)29/h1-8H,9-10H2,(H,20,23)(H,21,26)(H,22,27). The van der Waals surface area contributed by atoms with Crippen LogP contribution in [-0.4, -0.2) is 32.7 Å². The van der Waals surface area contributed by atoms with E-state index in [1.54, 1.807) is 12.1 Å². The lowest BCUT2D eigenvalue weighted by molar-refractivity contribution is -0.384. The number of nitro benzene ring substituents is 1. The monoisotopic (exact) mass is 462 g/mol. The Balaban J connectivity index is 1.41. The van der Waals surface area contributed by atoms with Crippen LogP contribution in [0.3, 0.4) is 0 Å². The van der Waals surface area contributed by atoms with Crippen LogP contribution < -0.4 is 16.2 Å². The van der Waals surface area contributed by atoms with Crippen LogP contribution in [0.25, 0.3) is 0 Å². The summed E-state index contributed by atoms with van der Waals surface area (Å²) in [7, 11) is 0. The third-order valence-corrected chi connectivity index (χ3v) is 5.74. The van der Waals surface area contributed by atoms with Crippen molar-refractivity contribution in [2.24, 2.45) is 0 Å². The van der Waals surface area contributed by atoms with Crippen molar-refractivity contribution >= 4 is 45.7 Å². The van der Waals surface area contributed by atoms with Gasteiger partial charge < -0.3 is 5.32 Å². The highest BCUT2D eigenvalue weighted by Crippen LogP contribution is 2.25. The van der Waals surface area contributed by atoms with Crippen LogP contribution in [0.1, 0.15) is 15.9 Å². The summed E-state index contributed by atoms with van der Waals surface area (Å²) < 4.78 is 13.5. The van der Waals surface area contributed by atoms with E-state index in [2.05, 4.69) is 26.4 Å². The van der Waals surface area contributed by atoms with Crippen LogP contribution in [-0.2, 0) is 11.3 Å². The van der Waals surface area contributed by atoms with Gasteiger partial charge in [0.2, 0.25) is 11.0 Å². The molecule has 2 aromatic carbocycles.